The number of carbonyl (C=O) groups excluding carboxylic acids is 2. The van der Waals surface area contributed by atoms with Crippen molar-refractivity contribution in [2.75, 3.05) is 6.54 Å². The first kappa shape index (κ1) is 18.6. The summed E-state index contributed by atoms with van der Waals surface area (Å²) in [6, 6.07) is 0.211. The van der Waals surface area contributed by atoms with E-state index in [1.54, 1.807) is 23.5 Å². The van der Waals surface area contributed by atoms with E-state index in [9.17, 15) is 9.59 Å². The van der Waals surface area contributed by atoms with Crippen LogP contribution in [0.5, 0.6) is 0 Å². The van der Waals surface area contributed by atoms with Crippen LogP contribution in [0.4, 0.5) is 0 Å². The predicted molar refractivity (Wildman–Crippen MR) is 103 cm³/mol. The van der Waals surface area contributed by atoms with Crippen LogP contribution in [-0.4, -0.2) is 55.1 Å². The number of carbonyl (C=O) groups is 2. The first-order valence-electron chi connectivity index (χ1n) is 10.00. The van der Waals surface area contributed by atoms with E-state index >= 15 is 0 Å². The number of hydrogen-bond acceptors (Lipinski definition) is 5. The molecule has 0 spiro atoms. The molecule has 148 valence electrons. The van der Waals surface area contributed by atoms with Gasteiger partial charge in [0, 0.05) is 43.7 Å². The fourth-order valence-corrected chi connectivity index (χ4v) is 4.32. The summed E-state index contributed by atoms with van der Waals surface area (Å²) >= 11 is 0. The second kappa shape index (κ2) is 8.08. The van der Waals surface area contributed by atoms with Gasteiger partial charge in [-0.2, -0.15) is 5.10 Å². The molecule has 2 amide bonds. The van der Waals surface area contributed by atoms with Crippen molar-refractivity contribution in [2.24, 2.45) is 0 Å². The maximum absolute atomic E-state index is 12.6. The number of hydrogen-bond donors (Lipinski definition) is 1. The lowest BCUT2D eigenvalue weighted by Gasteiger charge is -2.31. The van der Waals surface area contributed by atoms with Gasteiger partial charge in [0.15, 0.2) is 0 Å². The number of amides is 2. The zero-order chi connectivity index (χ0) is 19.5. The van der Waals surface area contributed by atoms with Crippen LogP contribution in [0.25, 0.3) is 11.3 Å². The van der Waals surface area contributed by atoms with Gasteiger partial charge in [0.25, 0.3) is 0 Å². The lowest BCUT2D eigenvalue weighted by atomic mass is 9.91. The van der Waals surface area contributed by atoms with E-state index in [0.29, 0.717) is 12.6 Å². The second-order valence-electron chi connectivity index (χ2n) is 7.68. The Morgan fingerprint density at radius 3 is 2.64 bits per heavy atom. The van der Waals surface area contributed by atoms with E-state index in [1.807, 2.05) is 17.1 Å². The zero-order valence-electron chi connectivity index (χ0n) is 16.1. The molecule has 1 atom stereocenters. The highest BCUT2D eigenvalue weighted by Gasteiger charge is 2.34. The molecule has 2 aromatic heterocycles. The highest BCUT2D eigenvalue weighted by atomic mass is 16.2. The molecule has 0 aromatic carbocycles. The second-order valence-corrected chi connectivity index (χ2v) is 7.68. The van der Waals surface area contributed by atoms with E-state index in [1.165, 1.54) is 6.92 Å². The van der Waals surface area contributed by atoms with Gasteiger partial charge < -0.3 is 10.2 Å². The Balaban J connectivity index is 1.31. The van der Waals surface area contributed by atoms with Gasteiger partial charge in [-0.3, -0.25) is 24.2 Å². The van der Waals surface area contributed by atoms with Crippen LogP contribution in [0, 0.1) is 0 Å². The van der Waals surface area contributed by atoms with E-state index in [0.717, 1.165) is 49.8 Å². The molecule has 2 fully saturated rings. The van der Waals surface area contributed by atoms with Crippen LogP contribution in [-0.2, 0) is 9.59 Å². The summed E-state index contributed by atoms with van der Waals surface area (Å²) in [5.41, 5.74) is 1.79. The van der Waals surface area contributed by atoms with Gasteiger partial charge in [0.05, 0.1) is 24.1 Å². The first-order chi connectivity index (χ1) is 13.6. The predicted octanol–water partition coefficient (Wildman–Crippen LogP) is 1.95. The fraction of sp³-hybridized carbons (Fsp3) is 0.550. The first-order valence-corrected chi connectivity index (χ1v) is 10.00. The van der Waals surface area contributed by atoms with E-state index in [4.69, 9.17) is 0 Å². The van der Waals surface area contributed by atoms with Crippen molar-refractivity contribution in [3.63, 3.8) is 0 Å². The number of nitrogens with zero attached hydrogens (tertiary/aromatic N) is 5. The molecule has 1 saturated carbocycles. The van der Waals surface area contributed by atoms with Crippen molar-refractivity contribution in [3.05, 3.63) is 31.0 Å². The molecule has 1 N–H and O–H groups in total. The SMILES string of the molecule is CC(=O)N1CCC[C@H]1C(=O)NC1CCC(n2cc(-c3cnccn3)cn2)CC1. The summed E-state index contributed by atoms with van der Waals surface area (Å²) in [5, 5.41) is 7.68. The van der Waals surface area contributed by atoms with Gasteiger partial charge in [-0.25, -0.2) is 0 Å². The molecular weight excluding hydrogens is 356 g/mol. The third-order valence-corrected chi connectivity index (χ3v) is 5.84. The Hall–Kier alpha value is -2.77. The third kappa shape index (κ3) is 3.90. The van der Waals surface area contributed by atoms with Crippen LogP contribution >= 0.6 is 0 Å². The minimum atomic E-state index is -0.295. The molecule has 1 saturated heterocycles. The minimum absolute atomic E-state index is 0.000164. The van der Waals surface area contributed by atoms with Gasteiger partial charge in [-0.1, -0.05) is 0 Å². The maximum atomic E-state index is 12.6. The van der Waals surface area contributed by atoms with Crippen LogP contribution in [0.15, 0.2) is 31.0 Å². The van der Waals surface area contributed by atoms with E-state index in [2.05, 4.69) is 20.4 Å². The van der Waals surface area contributed by atoms with Gasteiger partial charge in [0.2, 0.25) is 11.8 Å². The van der Waals surface area contributed by atoms with Gasteiger partial charge in [-0.15, -0.1) is 0 Å². The van der Waals surface area contributed by atoms with Crippen molar-refractivity contribution in [3.8, 4) is 11.3 Å². The molecule has 3 heterocycles. The topological polar surface area (TPSA) is 93.0 Å². The number of nitrogens with one attached hydrogen (secondary N) is 1. The maximum Gasteiger partial charge on any atom is 0.243 e. The summed E-state index contributed by atoms with van der Waals surface area (Å²) in [6.45, 7) is 2.23. The summed E-state index contributed by atoms with van der Waals surface area (Å²) < 4.78 is 2.01. The average molecular weight is 382 g/mol. The Labute approximate surface area is 164 Å². The van der Waals surface area contributed by atoms with Crippen LogP contribution < -0.4 is 5.32 Å². The molecule has 8 nitrogen and oxygen atoms in total. The molecule has 2 aromatic rings. The highest BCUT2D eigenvalue weighted by Crippen LogP contribution is 2.29. The largest absolute Gasteiger partial charge is 0.352 e. The molecule has 0 unspecified atom stereocenters. The summed E-state index contributed by atoms with van der Waals surface area (Å²) in [4.78, 5) is 34.4. The lowest BCUT2D eigenvalue weighted by molar-refractivity contribution is -0.137. The normalized spacial score (nSPS) is 24.9. The van der Waals surface area contributed by atoms with Gasteiger partial charge >= 0.3 is 0 Å². The van der Waals surface area contributed by atoms with E-state index in [-0.39, 0.29) is 23.9 Å². The Morgan fingerprint density at radius 2 is 1.93 bits per heavy atom. The summed E-state index contributed by atoms with van der Waals surface area (Å²) in [5.74, 6) is -0.0147. The zero-order valence-corrected chi connectivity index (χ0v) is 16.1. The van der Waals surface area contributed by atoms with Crippen molar-refractivity contribution >= 4 is 11.8 Å². The number of likely N-dealkylation sites (tertiary alicyclic amines) is 1. The monoisotopic (exact) mass is 382 g/mol. The molecule has 28 heavy (non-hydrogen) atoms. The van der Waals surface area contributed by atoms with Gasteiger partial charge in [-0.05, 0) is 38.5 Å². The van der Waals surface area contributed by atoms with E-state index < -0.39 is 0 Å². The van der Waals surface area contributed by atoms with Gasteiger partial charge in [0.1, 0.15) is 6.04 Å². The minimum Gasteiger partial charge on any atom is -0.352 e. The lowest BCUT2D eigenvalue weighted by Crippen LogP contribution is -2.49. The molecule has 2 aliphatic rings. The van der Waals surface area contributed by atoms with Crippen LogP contribution in [0.2, 0.25) is 0 Å². The Bertz CT molecular complexity index is 828. The standard InChI is InChI=1S/C20H26N6O2/c1-14(27)25-10-2-3-19(25)20(28)24-16-4-6-17(7-5-16)26-13-15(11-23-26)18-12-21-8-9-22-18/h8-9,11-13,16-17,19H,2-7,10H2,1H3,(H,24,28)/t16?,17?,19-/m0/s1. The smallest absolute Gasteiger partial charge is 0.243 e. The molecule has 1 aliphatic carbocycles. The van der Waals surface area contributed by atoms with Crippen molar-refractivity contribution < 1.29 is 9.59 Å². The van der Waals surface area contributed by atoms with Crippen molar-refractivity contribution in [1.82, 2.24) is 30.0 Å². The van der Waals surface area contributed by atoms with Crippen LogP contribution in [0.3, 0.4) is 0 Å². The number of aromatic nitrogens is 4. The molecule has 8 heteroatoms. The molecule has 0 radical (unpaired) electrons. The highest BCUT2D eigenvalue weighted by molar-refractivity contribution is 5.87. The van der Waals surface area contributed by atoms with Crippen LogP contribution in [0.1, 0.15) is 51.5 Å². The quantitative estimate of drug-likeness (QED) is 0.872. The Kier molecular flexibility index (Phi) is 5.36. The summed E-state index contributed by atoms with van der Waals surface area (Å²) in [7, 11) is 0. The Morgan fingerprint density at radius 1 is 1.11 bits per heavy atom. The molecular formula is C20H26N6O2. The molecule has 0 bridgehead atoms. The molecule has 4 rings (SSSR count). The average Bonchev–Trinajstić information content (AvgIpc) is 3.39. The molecule has 1 aliphatic heterocycles. The summed E-state index contributed by atoms with van der Waals surface area (Å²) in [6.07, 6.45) is 14.4. The third-order valence-electron chi connectivity index (χ3n) is 5.84. The van der Waals surface area contributed by atoms with Crippen molar-refractivity contribution in [2.45, 2.75) is 63.6 Å². The van der Waals surface area contributed by atoms with Crippen molar-refractivity contribution in [1.29, 1.82) is 0 Å². The fourth-order valence-electron chi connectivity index (χ4n) is 4.32. The number of rotatable bonds is 4.